The molecule has 1 N–H and O–H groups in total. The van der Waals surface area contributed by atoms with Crippen LogP contribution in [0.15, 0.2) is 54.6 Å². The zero-order valence-corrected chi connectivity index (χ0v) is 20.8. The minimum Gasteiger partial charge on any atom is -0.495 e. The molecule has 190 valence electrons. The van der Waals surface area contributed by atoms with Crippen LogP contribution in [-0.2, 0) is 9.53 Å². The van der Waals surface area contributed by atoms with E-state index in [1.165, 1.54) is 17.9 Å². The molecule has 0 bridgehead atoms. The van der Waals surface area contributed by atoms with Gasteiger partial charge in [0.15, 0.2) is 17.4 Å². The van der Waals surface area contributed by atoms with Gasteiger partial charge >= 0.3 is 0 Å². The van der Waals surface area contributed by atoms with Crippen molar-refractivity contribution in [3.63, 3.8) is 0 Å². The van der Waals surface area contributed by atoms with Crippen molar-refractivity contribution in [3.05, 3.63) is 83.1 Å². The number of benzene rings is 2. The molecule has 0 aliphatic carbocycles. The lowest BCUT2D eigenvalue weighted by Crippen LogP contribution is -2.53. The minimum atomic E-state index is -1.05. The Kier molecular flexibility index (Phi) is 6.86. The quantitative estimate of drug-likeness (QED) is 0.505. The Bertz CT molecular complexity index is 1320. The number of aliphatic hydroxyl groups is 1. The summed E-state index contributed by atoms with van der Waals surface area (Å²) in [5.74, 6) is -1.08. The molecule has 1 fully saturated rings. The van der Waals surface area contributed by atoms with Crippen LogP contribution in [0.4, 0.5) is 8.78 Å². The molecule has 1 aliphatic rings. The summed E-state index contributed by atoms with van der Waals surface area (Å²) in [4.78, 5) is 19.2. The number of methoxy groups -OCH3 is 1. The molecule has 2 atom stereocenters. The largest absolute Gasteiger partial charge is 0.495 e. The van der Waals surface area contributed by atoms with E-state index in [0.717, 1.165) is 23.6 Å². The lowest BCUT2D eigenvalue weighted by molar-refractivity contribution is -0.153. The zero-order chi connectivity index (χ0) is 26.2. The molecule has 0 saturated carbocycles. The Morgan fingerprint density at radius 1 is 1.19 bits per heavy atom. The number of halogens is 2. The van der Waals surface area contributed by atoms with Crippen LogP contribution in [0.2, 0.25) is 0 Å². The number of ether oxygens (including phenoxy) is 2. The van der Waals surface area contributed by atoms with E-state index in [1.54, 1.807) is 25.4 Å². The van der Waals surface area contributed by atoms with Gasteiger partial charge in [0.1, 0.15) is 17.2 Å². The van der Waals surface area contributed by atoms with Crippen LogP contribution in [0.5, 0.6) is 5.75 Å². The van der Waals surface area contributed by atoms with Crippen molar-refractivity contribution in [1.29, 1.82) is 0 Å². The number of amides is 1. The van der Waals surface area contributed by atoms with Crippen LogP contribution < -0.4 is 4.74 Å². The van der Waals surface area contributed by atoms with E-state index in [-0.39, 0.29) is 17.9 Å². The third-order valence-electron chi connectivity index (χ3n) is 6.07. The molecule has 0 radical (unpaired) electrons. The highest BCUT2D eigenvalue weighted by Gasteiger charge is 2.42. The smallest absolute Gasteiger partial charge is 0.289 e. The summed E-state index contributed by atoms with van der Waals surface area (Å²) in [6.07, 6.45) is 4.08. The fourth-order valence-electron chi connectivity index (χ4n) is 4.50. The first kappa shape index (κ1) is 25.4. The highest BCUT2D eigenvalue weighted by atomic mass is 19.2. The van der Waals surface area contributed by atoms with Crippen LogP contribution in [-0.4, -0.2) is 50.8 Å². The standard InChI is InChI=1S/C27H29F2N3O4/c1-16(33)25(19-7-8-20(28)21(29)14-19)32-15-27(3,4)36-24(26(32)34)13-18-6-9-22(23(12-18)35-5)31-11-10-30-17(31)2/h6-14,16,25,33H,15H2,1-5H3/b24-13-/t16-,25+/m1/s1. The number of rotatable bonds is 6. The predicted molar refractivity (Wildman–Crippen MR) is 130 cm³/mol. The summed E-state index contributed by atoms with van der Waals surface area (Å²) in [6.45, 7) is 7.16. The number of hydrogen-bond donors (Lipinski definition) is 1. The summed E-state index contributed by atoms with van der Waals surface area (Å²) in [5.41, 5.74) is 0.940. The predicted octanol–water partition coefficient (Wildman–Crippen LogP) is 4.57. The van der Waals surface area contributed by atoms with Crippen LogP contribution >= 0.6 is 0 Å². The molecular weight excluding hydrogens is 468 g/mol. The number of aryl methyl sites for hydroxylation is 1. The molecule has 1 aromatic heterocycles. The Hall–Kier alpha value is -3.72. The molecule has 3 aromatic rings. The minimum absolute atomic E-state index is 0.0631. The number of aliphatic hydroxyl groups excluding tert-OH is 1. The van der Waals surface area contributed by atoms with Gasteiger partial charge in [0.25, 0.3) is 5.91 Å². The zero-order valence-electron chi connectivity index (χ0n) is 20.8. The van der Waals surface area contributed by atoms with E-state index in [0.29, 0.717) is 11.3 Å². The van der Waals surface area contributed by atoms with E-state index in [1.807, 2.05) is 43.7 Å². The van der Waals surface area contributed by atoms with Crippen LogP contribution in [0, 0.1) is 18.6 Å². The topological polar surface area (TPSA) is 76.8 Å². The summed E-state index contributed by atoms with van der Waals surface area (Å²) >= 11 is 0. The maximum absolute atomic E-state index is 14.0. The Balaban J connectivity index is 1.73. The molecule has 7 nitrogen and oxygen atoms in total. The monoisotopic (exact) mass is 497 g/mol. The van der Waals surface area contributed by atoms with Gasteiger partial charge in [-0.1, -0.05) is 12.1 Å². The number of aromatic nitrogens is 2. The van der Waals surface area contributed by atoms with Gasteiger partial charge in [-0.3, -0.25) is 4.79 Å². The van der Waals surface area contributed by atoms with Crippen molar-refractivity contribution in [1.82, 2.24) is 14.5 Å². The van der Waals surface area contributed by atoms with E-state index in [4.69, 9.17) is 9.47 Å². The van der Waals surface area contributed by atoms with E-state index < -0.39 is 35.3 Å². The van der Waals surface area contributed by atoms with Gasteiger partial charge in [0.05, 0.1) is 31.5 Å². The second-order valence-electron chi connectivity index (χ2n) is 9.44. The molecule has 1 amide bonds. The third-order valence-corrected chi connectivity index (χ3v) is 6.07. The Morgan fingerprint density at radius 2 is 1.94 bits per heavy atom. The third kappa shape index (κ3) is 4.97. The average Bonchev–Trinajstić information content (AvgIpc) is 3.24. The first-order chi connectivity index (χ1) is 17.0. The van der Waals surface area contributed by atoms with Crippen molar-refractivity contribution < 1.29 is 28.2 Å². The highest BCUT2D eigenvalue weighted by molar-refractivity contribution is 5.97. The van der Waals surface area contributed by atoms with Gasteiger partial charge in [-0.2, -0.15) is 0 Å². The number of carbonyl (C=O) groups is 1. The van der Waals surface area contributed by atoms with Crippen molar-refractivity contribution in [3.8, 4) is 11.4 Å². The molecular formula is C27H29F2N3O4. The highest BCUT2D eigenvalue weighted by Crippen LogP contribution is 2.35. The molecule has 0 unspecified atom stereocenters. The summed E-state index contributed by atoms with van der Waals surface area (Å²) in [5, 5.41) is 10.6. The maximum Gasteiger partial charge on any atom is 0.289 e. The molecule has 9 heteroatoms. The first-order valence-electron chi connectivity index (χ1n) is 11.5. The maximum atomic E-state index is 14.0. The van der Waals surface area contributed by atoms with Gasteiger partial charge in [0.2, 0.25) is 0 Å². The van der Waals surface area contributed by atoms with E-state index in [2.05, 4.69) is 4.98 Å². The second-order valence-corrected chi connectivity index (χ2v) is 9.44. The Labute approximate surface area is 208 Å². The van der Waals surface area contributed by atoms with Gasteiger partial charge in [-0.15, -0.1) is 0 Å². The Morgan fingerprint density at radius 3 is 2.56 bits per heavy atom. The van der Waals surface area contributed by atoms with Gasteiger partial charge < -0.3 is 24.0 Å². The SMILES string of the molecule is COc1cc(/C=C2\OC(C)(C)CN([C@H](c3ccc(F)c(F)c3)[C@@H](C)O)C2=O)ccc1-n1ccnc1C. The lowest BCUT2D eigenvalue weighted by Gasteiger charge is -2.44. The van der Waals surface area contributed by atoms with E-state index >= 15 is 0 Å². The summed E-state index contributed by atoms with van der Waals surface area (Å²) < 4.78 is 41.0. The van der Waals surface area contributed by atoms with Crippen LogP contribution in [0.1, 0.15) is 43.8 Å². The average molecular weight is 498 g/mol. The number of imidazole rings is 1. The molecule has 0 spiro atoms. The fraction of sp³-hybridized carbons (Fsp3) is 0.333. The normalized spacial score (nSPS) is 18.2. The molecule has 2 aromatic carbocycles. The second kappa shape index (κ2) is 9.73. The number of nitrogens with zero attached hydrogens (tertiary/aromatic N) is 3. The van der Waals surface area contributed by atoms with Crippen LogP contribution in [0.25, 0.3) is 11.8 Å². The molecule has 1 saturated heterocycles. The molecule has 1 aliphatic heterocycles. The molecule has 4 rings (SSSR count). The van der Waals surface area contributed by atoms with Crippen molar-refractivity contribution in [2.45, 2.75) is 45.4 Å². The van der Waals surface area contributed by atoms with E-state index in [9.17, 15) is 18.7 Å². The lowest BCUT2D eigenvalue weighted by atomic mass is 9.96. The summed E-state index contributed by atoms with van der Waals surface area (Å²) in [6, 6.07) is 7.93. The van der Waals surface area contributed by atoms with Crippen molar-refractivity contribution in [2.75, 3.05) is 13.7 Å². The fourth-order valence-corrected chi connectivity index (χ4v) is 4.50. The molecule has 2 heterocycles. The van der Waals surface area contributed by atoms with Gasteiger partial charge in [-0.05, 0) is 69.2 Å². The molecule has 36 heavy (non-hydrogen) atoms. The first-order valence-corrected chi connectivity index (χ1v) is 11.5. The van der Waals surface area contributed by atoms with Crippen molar-refractivity contribution >= 4 is 12.0 Å². The number of morpholine rings is 1. The van der Waals surface area contributed by atoms with Gasteiger partial charge in [0, 0.05) is 12.4 Å². The van der Waals surface area contributed by atoms with Crippen molar-refractivity contribution in [2.24, 2.45) is 0 Å². The number of hydrogen-bond acceptors (Lipinski definition) is 5. The van der Waals surface area contributed by atoms with Crippen LogP contribution in [0.3, 0.4) is 0 Å². The summed E-state index contributed by atoms with van der Waals surface area (Å²) in [7, 11) is 1.56. The van der Waals surface area contributed by atoms with Gasteiger partial charge in [-0.25, -0.2) is 13.8 Å². The number of carbonyl (C=O) groups excluding carboxylic acids is 1.